The van der Waals surface area contributed by atoms with E-state index in [0.717, 1.165) is 10.2 Å². The summed E-state index contributed by atoms with van der Waals surface area (Å²) >= 11 is 9.25. The Hall–Kier alpha value is -0.740. The molecule has 0 amide bonds. The highest BCUT2D eigenvalue weighted by Gasteiger charge is 2.07. The summed E-state index contributed by atoms with van der Waals surface area (Å²) in [5, 5.41) is 3.69. The van der Waals surface area contributed by atoms with Crippen LogP contribution in [0.4, 0.5) is 5.69 Å². The van der Waals surface area contributed by atoms with Crippen molar-refractivity contribution in [1.29, 1.82) is 0 Å². The summed E-state index contributed by atoms with van der Waals surface area (Å²) in [6, 6.07) is 6.15. The van der Waals surface area contributed by atoms with Crippen LogP contribution in [0.25, 0.3) is 0 Å². The Morgan fingerprint density at radius 2 is 2.36 bits per heavy atom. The van der Waals surface area contributed by atoms with Gasteiger partial charge in [-0.05, 0) is 34.1 Å². The summed E-state index contributed by atoms with van der Waals surface area (Å²) < 4.78 is 6.09. The number of aliphatic imine (C=N–C) groups is 1. The molecule has 0 atom stereocenters. The third kappa shape index (κ3) is 2.19. The predicted octanol–water partition coefficient (Wildman–Crippen LogP) is 2.90. The number of nitrogens with one attached hydrogen (secondary N) is 1. The van der Waals surface area contributed by atoms with Gasteiger partial charge in [-0.1, -0.05) is 11.6 Å². The second-order valence-electron chi connectivity index (χ2n) is 2.79. The SMILES string of the molecule is Clc1cc(NC2=NCCO2)ccc1Br. The lowest BCUT2D eigenvalue weighted by atomic mass is 10.3. The van der Waals surface area contributed by atoms with Gasteiger partial charge >= 0.3 is 0 Å². The molecule has 0 spiro atoms. The van der Waals surface area contributed by atoms with Gasteiger partial charge in [0.25, 0.3) is 6.02 Å². The van der Waals surface area contributed by atoms with Crippen LogP contribution in [0.1, 0.15) is 0 Å². The molecular weight excluding hydrogens is 267 g/mol. The Morgan fingerprint density at radius 3 is 3.00 bits per heavy atom. The Morgan fingerprint density at radius 1 is 1.50 bits per heavy atom. The second-order valence-corrected chi connectivity index (χ2v) is 4.05. The highest BCUT2D eigenvalue weighted by Crippen LogP contribution is 2.25. The number of hydrogen-bond donors (Lipinski definition) is 1. The number of hydrogen-bond acceptors (Lipinski definition) is 3. The van der Waals surface area contributed by atoms with Crippen LogP contribution in [-0.4, -0.2) is 19.2 Å². The molecule has 0 aliphatic carbocycles. The minimum Gasteiger partial charge on any atom is -0.463 e. The van der Waals surface area contributed by atoms with Crippen molar-refractivity contribution >= 4 is 39.2 Å². The van der Waals surface area contributed by atoms with Crippen molar-refractivity contribution in [2.75, 3.05) is 18.5 Å². The van der Waals surface area contributed by atoms with Crippen LogP contribution in [0, 0.1) is 0 Å². The van der Waals surface area contributed by atoms with Crippen LogP contribution in [0.5, 0.6) is 0 Å². The lowest BCUT2D eigenvalue weighted by Crippen LogP contribution is -2.11. The lowest BCUT2D eigenvalue weighted by Gasteiger charge is -2.06. The topological polar surface area (TPSA) is 33.6 Å². The number of rotatable bonds is 1. The van der Waals surface area contributed by atoms with E-state index in [-0.39, 0.29) is 0 Å². The van der Waals surface area contributed by atoms with Crippen LogP contribution in [0.2, 0.25) is 5.02 Å². The number of benzene rings is 1. The summed E-state index contributed by atoms with van der Waals surface area (Å²) in [5.74, 6) is 0. The van der Waals surface area contributed by atoms with Crippen LogP contribution in [-0.2, 0) is 4.74 Å². The molecule has 0 fully saturated rings. The van der Waals surface area contributed by atoms with E-state index in [0.29, 0.717) is 24.2 Å². The second kappa shape index (κ2) is 4.19. The molecule has 0 aromatic heterocycles. The Kier molecular flexibility index (Phi) is 2.93. The van der Waals surface area contributed by atoms with Crippen LogP contribution < -0.4 is 5.32 Å². The maximum Gasteiger partial charge on any atom is 0.289 e. The first-order valence-electron chi connectivity index (χ1n) is 4.15. The summed E-state index contributed by atoms with van der Waals surface area (Å²) in [7, 11) is 0. The molecule has 0 bridgehead atoms. The molecule has 1 heterocycles. The van der Waals surface area contributed by atoms with Crippen molar-refractivity contribution in [3.63, 3.8) is 0 Å². The van der Waals surface area contributed by atoms with Crippen LogP contribution in [0.3, 0.4) is 0 Å². The molecule has 0 saturated carbocycles. The van der Waals surface area contributed by atoms with Gasteiger partial charge in [-0.3, -0.25) is 0 Å². The smallest absolute Gasteiger partial charge is 0.289 e. The number of amidine groups is 1. The molecule has 5 heteroatoms. The van der Waals surface area contributed by atoms with Crippen LogP contribution >= 0.6 is 27.5 Å². The minimum absolute atomic E-state index is 0.559. The molecule has 0 unspecified atom stereocenters. The van der Waals surface area contributed by atoms with E-state index >= 15 is 0 Å². The standard InChI is InChI=1S/C9H8BrClN2O/c10-7-2-1-6(5-8(7)11)13-9-12-3-4-14-9/h1-2,5H,3-4H2,(H,12,13). The predicted molar refractivity (Wildman–Crippen MR) is 61.0 cm³/mol. The van der Waals surface area contributed by atoms with Gasteiger partial charge in [0.15, 0.2) is 0 Å². The van der Waals surface area contributed by atoms with Gasteiger partial charge in [0, 0.05) is 10.2 Å². The van der Waals surface area contributed by atoms with Gasteiger partial charge in [-0.2, -0.15) is 0 Å². The molecule has 2 rings (SSSR count). The zero-order valence-corrected chi connectivity index (χ0v) is 9.60. The first kappa shape index (κ1) is 9.80. The molecule has 0 saturated heterocycles. The van der Waals surface area contributed by atoms with Crippen LogP contribution in [0.15, 0.2) is 27.7 Å². The number of ether oxygens (including phenoxy) is 1. The van der Waals surface area contributed by atoms with Gasteiger partial charge < -0.3 is 10.1 Å². The number of nitrogens with zero attached hydrogens (tertiary/aromatic N) is 1. The first-order chi connectivity index (χ1) is 6.75. The third-order valence-electron chi connectivity index (χ3n) is 1.76. The Balaban J connectivity index is 2.13. The number of halogens is 2. The van der Waals surface area contributed by atoms with Gasteiger partial charge in [0.05, 0.1) is 11.6 Å². The van der Waals surface area contributed by atoms with E-state index in [2.05, 4.69) is 26.2 Å². The lowest BCUT2D eigenvalue weighted by molar-refractivity contribution is 0.346. The molecule has 1 aromatic carbocycles. The van der Waals surface area contributed by atoms with E-state index in [1.54, 1.807) is 0 Å². The van der Waals surface area contributed by atoms with Gasteiger partial charge in [-0.25, -0.2) is 4.99 Å². The summed E-state index contributed by atoms with van der Waals surface area (Å²) in [6.45, 7) is 1.36. The van der Waals surface area contributed by atoms with Crippen molar-refractivity contribution < 1.29 is 4.74 Å². The van der Waals surface area contributed by atoms with E-state index in [1.807, 2.05) is 18.2 Å². The van der Waals surface area contributed by atoms with Crippen molar-refractivity contribution in [1.82, 2.24) is 0 Å². The minimum atomic E-state index is 0.559. The van der Waals surface area contributed by atoms with E-state index < -0.39 is 0 Å². The van der Waals surface area contributed by atoms with E-state index in [1.165, 1.54) is 0 Å². The molecule has 1 aliphatic rings. The van der Waals surface area contributed by atoms with Crippen molar-refractivity contribution in [2.45, 2.75) is 0 Å². The van der Waals surface area contributed by atoms with Crippen molar-refractivity contribution in [2.24, 2.45) is 4.99 Å². The highest BCUT2D eigenvalue weighted by atomic mass is 79.9. The Bertz CT molecular complexity index is 381. The zero-order valence-electron chi connectivity index (χ0n) is 7.26. The molecule has 1 aliphatic heterocycles. The third-order valence-corrected chi connectivity index (χ3v) is 2.99. The summed E-state index contributed by atoms with van der Waals surface area (Å²) in [5.41, 5.74) is 0.874. The average molecular weight is 276 g/mol. The first-order valence-corrected chi connectivity index (χ1v) is 5.32. The monoisotopic (exact) mass is 274 g/mol. The molecule has 1 aromatic rings. The molecule has 1 N–H and O–H groups in total. The fraction of sp³-hybridized carbons (Fsp3) is 0.222. The average Bonchev–Trinajstić information content (AvgIpc) is 2.64. The van der Waals surface area contributed by atoms with Gasteiger partial charge in [-0.15, -0.1) is 0 Å². The molecule has 74 valence electrons. The molecular formula is C9H8BrClN2O. The highest BCUT2D eigenvalue weighted by molar-refractivity contribution is 9.10. The molecule has 3 nitrogen and oxygen atoms in total. The maximum absolute atomic E-state index is 5.93. The van der Waals surface area contributed by atoms with E-state index in [9.17, 15) is 0 Å². The van der Waals surface area contributed by atoms with Crippen molar-refractivity contribution in [3.05, 3.63) is 27.7 Å². The quantitative estimate of drug-likeness (QED) is 0.855. The van der Waals surface area contributed by atoms with Gasteiger partial charge in [0.1, 0.15) is 6.61 Å². The molecule has 0 radical (unpaired) electrons. The van der Waals surface area contributed by atoms with Gasteiger partial charge in [0.2, 0.25) is 0 Å². The summed E-state index contributed by atoms with van der Waals surface area (Å²) in [6.07, 6.45) is 0. The van der Waals surface area contributed by atoms with E-state index in [4.69, 9.17) is 16.3 Å². The zero-order chi connectivity index (χ0) is 9.97. The maximum atomic E-state index is 5.93. The Labute approximate surface area is 95.2 Å². The fourth-order valence-corrected chi connectivity index (χ4v) is 1.54. The normalized spacial score (nSPS) is 14.9. The van der Waals surface area contributed by atoms with Crippen molar-refractivity contribution in [3.8, 4) is 0 Å². The fourth-order valence-electron chi connectivity index (χ4n) is 1.11. The largest absolute Gasteiger partial charge is 0.463 e. The number of anilines is 1. The summed E-state index contributed by atoms with van der Waals surface area (Å²) in [4.78, 5) is 4.11. The molecule has 14 heavy (non-hydrogen) atoms.